The highest BCUT2D eigenvalue weighted by Crippen LogP contribution is 2.28. The molecule has 0 bridgehead atoms. The molecule has 1 fully saturated rings. The van der Waals surface area contributed by atoms with Gasteiger partial charge in [-0.2, -0.15) is 14.4 Å². The Hall–Kier alpha value is -1.81. The predicted molar refractivity (Wildman–Crippen MR) is 91.4 cm³/mol. The maximum atomic E-state index is 13.8. The van der Waals surface area contributed by atoms with Crippen LogP contribution in [0.5, 0.6) is 0 Å². The van der Waals surface area contributed by atoms with Crippen LogP contribution in [0, 0.1) is 9.65 Å². The summed E-state index contributed by atoms with van der Waals surface area (Å²) >= 11 is 2.26. The van der Waals surface area contributed by atoms with Crippen LogP contribution in [-0.4, -0.2) is 26.1 Å². The Balaban J connectivity index is 1.65. The lowest BCUT2D eigenvalue weighted by atomic mass is 10.2. The molecule has 0 radical (unpaired) electrons. The Morgan fingerprint density at radius 2 is 2.26 bits per heavy atom. The molecule has 2 aromatic heterocycles. The van der Waals surface area contributed by atoms with Crippen LogP contribution in [0.15, 0.2) is 30.6 Å². The average molecular weight is 425 g/mol. The van der Waals surface area contributed by atoms with E-state index in [1.54, 1.807) is 10.9 Å². The second kappa shape index (κ2) is 6.00. The van der Waals surface area contributed by atoms with Crippen LogP contribution in [0.4, 0.5) is 10.2 Å². The molecule has 6 nitrogen and oxygen atoms in total. The Bertz CT molecular complexity index is 864. The molecule has 118 valence electrons. The molecule has 4 rings (SSSR count). The lowest BCUT2D eigenvalue weighted by Crippen LogP contribution is -2.24. The van der Waals surface area contributed by atoms with E-state index in [1.807, 2.05) is 18.2 Å². The van der Waals surface area contributed by atoms with Crippen LogP contribution < -0.4 is 5.32 Å². The van der Waals surface area contributed by atoms with Crippen LogP contribution >= 0.6 is 22.6 Å². The van der Waals surface area contributed by atoms with Crippen molar-refractivity contribution in [2.24, 2.45) is 0 Å². The number of nitrogens with one attached hydrogen (secondary N) is 1. The number of rotatable bonds is 4. The molecular weight excluding hydrogens is 412 g/mol. The SMILES string of the molecule is Fc1nc(NCc2cccc(I)c2)c2ncn(C3CCO3)c2n1. The van der Waals surface area contributed by atoms with Gasteiger partial charge in [0.1, 0.15) is 6.23 Å². The van der Waals surface area contributed by atoms with Gasteiger partial charge in [-0.3, -0.25) is 4.57 Å². The maximum Gasteiger partial charge on any atom is 0.312 e. The van der Waals surface area contributed by atoms with Gasteiger partial charge in [-0.1, -0.05) is 12.1 Å². The van der Waals surface area contributed by atoms with Gasteiger partial charge in [-0.25, -0.2) is 4.98 Å². The smallest absolute Gasteiger partial charge is 0.312 e. The zero-order chi connectivity index (χ0) is 15.8. The zero-order valence-corrected chi connectivity index (χ0v) is 14.2. The third-order valence-electron chi connectivity index (χ3n) is 3.73. The van der Waals surface area contributed by atoms with Gasteiger partial charge in [0.05, 0.1) is 12.9 Å². The van der Waals surface area contributed by atoms with Crippen molar-refractivity contribution in [3.63, 3.8) is 0 Å². The van der Waals surface area contributed by atoms with Crippen molar-refractivity contribution in [1.82, 2.24) is 19.5 Å². The van der Waals surface area contributed by atoms with Crippen LogP contribution in [0.25, 0.3) is 11.2 Å². The van der Waals surface area contributed by atoms with Crippen molar-refractivity contribution in [3.05, 3.63) is 45.8 Å². The molecule has 3 aromatic rings. The zero-order valence-electron chi connectivity index (χ0n) is 12.0. The van der Waals surface area contributed by atoms with Gasteiger partial charge in [0, 0.05) is 16.5 Å². The lowest BCUT2D eigenvalue weighted by molar-refractivity contribution is -0.0974. The third kappa shape index (κ3) is 2.88. The Labute approximate surface area is 145 Å². The first-order valence-electron chi connectivity index (χ1n) is 7.21. The molecular formula is C15H13FIN5O. The number of hydrogen-bond acceptors (Lipinski definition) is 5. The molecule has 1 unspecified atom stereocenters. The van der Waals surface area contributed by atoms with E-state index in [1.165, 1.54) is 0 Å². The fourth-order valence-electron chi connectivity index (χ4n) is 2.50. The molecule has 1 saturated heterocycles. The summed E-state index contributed by atoms with van der Waals surface area (Å²) in [6, 6.07) is 8.07. The molecule has 1 N–H and O–H groups in total. The topological polar surface area (TPSA) is 64.9 Å². The number of halogens is 2. The highest BCUT2D eigenvalue weighted by atomic mass is 127. The first kappa shape index (κ1) is 14.8. The van der Waals surface area contributed by atoms with Crippen LogP contribution in [0.1, 0.15) is 18.2 Å². The second-order valence-electron chi connectivity index (χ2n) is 5.26. The second-order valence-corrected chi connectivity index (χ2v) is 6.51. The molecule has 1 atom stereocenters. The Morgan fingerprint density at radius 1 is 1.39 bits per heavy atom. The summed E-state index contributed by atoms with van der Waals surface area (Å²) < 4.78 is 22.1. The number of nitrogens with zero attached hydrogens (tertiary/aromatic N) is 4. The third-order valence-corrected chi connectivity index (χ3v) is 4.40. The number of benzene rings is 1. The highest BCUT2D eigenvalue weighted by Gasteiger charge is 2.24. The summed E-state index contributed by atoms with van der Waals surface area (Å²) in [5, 5.41) is 3.15. The number of fused-ring (bicyclic) bond motifs is 1. The molecule has 0 amide bonds. The normalized spacial score (nSPS) is 17.2. The van der Waals surface area contributed by atoms with E-state index in [0.29, 0.717) is 30.1 Å². The van der Waals surface area contributed by atoms with E-state index in [-0.39, 0.29) is 6.23 Å². The van der Waals surface area contributed by atoms with E-state index in [2.05, 4.69) is 48.9 Å². The minimum Gasteiger partial charge on any atom is -0.364 e. The molecule has 23 heavy (non-hydrogen) atoms. The minimum absolute atomic E-state index is 0.113. The van der Waals surface area contributed by atoms with E-state index < -0.39 is 6.08 Å². The summed E-state index contributed by atoms with van der Waals surface area (Å²) in [7, 11) is 0. The van der Waals surface area contributed by atoms with Gasteiger partial charge in [0.15, 0.2) is 17.0 Å². The van der Waals surface area contributed by atoms with Gasteiger partial charge < -0.3 is 10.1 Å². The van der Waals surface area contributed by atoms with Crippen LogP contribution in [-0.2, 0) is 11.3 Å². The number of aromatic nitrogens is 4. The molecule has 0 spiro atoms. The number of ether oxygens (including phenoxy) is 1. The quantitative estimate of drug-likeness (QED) is 0.514. The van der Waals surface area contributed by atoms with Crippen molar-refractivity contribution in [3.8, 4) is 0 Å². The molecule has 1 aromatic carbocycles. The standard InChI is InChI=1S/C15H13FIN5O/c16-15-20-13(18-7-9-2-1-3-10(17)6-9)12-14(21-15)22(8-19-12)11-4-5-23-11/h1-3,6,8,11H,4-5,7H2,(H,18,20,21). The molecule has 1 aliphatic heterocycles. The maximum absolute atomic E-state index is 13.8. The van der Waals surface area contributed by atoms with Crippen molar-refractivity contribution < 1.29 is 9.13 Å². The summed E-state index contributed by atoms with van der Waals surface area (Å²) in [5.41, 5.74) is 2.09. The van der Waals surface area contributed by atoms with Crippen LogP contribution in [0.3, 0.4) is 0 Å². The largest absolute Gasteiger partial charge is 0.364 e. The van der Waals surface area contributed by atoms with Crippen LogP contribution in [0.2, 0.25) is 0 Å². The summed E-state index contributed by atoms with van der Waals surface area (Å²) in [5.74, 6) is 0.393. The van der Waals surface area contributed by atoms with Crippen molar-refractivity contribution in [1.29, 1.82) is 0 Å². The molecule has 0 aliphatic carbocycles. The summed E-state index contributed by atoms with van der Waals surface area (Å²) in [6.45, 7) is 1.24. The van der Waals surface area contributed by atoms with E-state index in [9.17, 15) is 4.39 Å². The first-order valence-corrected chi connectivity index (χ1v) is 8.28. The van der Waals surface area contributed by atoms with Crippen molar-refractivity contribution >= 4 is 39.6 Å². The highest BCUT2D eigenvalue weighted by molar-refractivity contribution is 14.1. The van der Waals surface area contributed by atoms with Gasteiger partial charge >= 0.3 is 6.08 Å². The summed E-state index contributed by atoms with van der Waals surface area (Å²) in [4.78, 5) is 12.0. The van der Waals surface area contributed by atoms with Gasteiger partial charge in [0.25, 0.3) is 0 Å². The molecule has 3 heterocycles. The van der Waals surface area contributed by atoms with E-state index >= 15 is 0 Å². The van der Waals surface area contributed by atoms with Gasteiger partial charge in [0.2, 0.25) is 0 Å². The monoisotopic (exact) mass is 425 g/mol. The first-order chi connectivity index (χ1) is 11.2. The average Bonchev–Trinajstić information content (AvgIpc) is 2.87. The van der Waals surface area contributed by atoms with Gasteiger partial charge in [-0.05, 0) is 40.3 Å². The lowest BCUT2D eigenvalue weighted by Gasteiger charge is -2.27. The number of anilines is 1. The molecule has 0 saturated carbocycles. The Kier molecular flexibility index (Phi) is 3.85. The summed E-state index contributed by atoms with van der Waals surface area (Å²) in [6.07, 6.45) is 1.61. The van der Waals surface area contributed by atoms with Crippen molar-refractivity contribution in [2.45, 2.75) is 19.2 Å². The fourth-order valence-corrected chi connectivity index (χ4v) is 3.11. The van der Waals surface area contributed by atoms with E-state index in [4.69, 9.17) is 4.74 Å². The Morgan fingerprint density at radius 3 is 3.00 bits per heavy atom. The van der Waals surface area contributed by atoms with Crippen molar-refractivity contribution in [2.75, 3.05) is 11.9 Å². The van der Waals surface area contributed by atoms with E-state index in [0.717, 1.165) is 15.6 Å². The van der Waals surface area contributed by atoms with Gasteiger partial charge in [-0.15, -0.1) is 0 Å². The fraction of sp³-hybridized carbons (Fsp3) is 0.267. The number of imidazole rings is 1. The molecule has 1 aliphatic rings. The molecule has 8 heteroatoms. The minimum atomic E-state index is -0.774. The number of hydrogen-bond donors (Lipinski definition) is 1. The predicted octanol–water partition coefficient (Wildman–Crippen LogP) is 3.10.